The van der Waals surface area contributed by atoms with Crippen molar-refractivity contribution in [1.82, 2.24) is 9.38 Å². The molecule has 0 saturated heterocycles. The van der Waals surface area contributed by atoms with Gasteiger partial charge in [0.05, 0.1) is 5.56 Å². The van der Waals surface area contributed by atoms with Crippen LogP contribution >= 0.6 is 0 Å². The fraction of sp³-hybridized carbons (Fsp3) is 0.0476. The smallest absolute Gasteiger partial charge is 0.337 e. The van der Waals surface area contributed by atoms with Crippen molar-refractivity contribution >= 4 is 23.1 Å². The molecule has 0 atom stereocenters. The van der Waals surface area contributed by atoms with Crippen molar-refractivity contribution in [3.63, 3.8) is 0 Å². The minimum Gasteiger partial charge on any atom is -0.478 e. The number of carboxylic acids is 1. The molecule has 0 saturated carbocycles. The molecule has 2 N–H and O–H groups in total. The van der Waals surface area contributed by atoms with Crippen molar-refractivity contribution in [1.29, 1.82) is 0 Å². The topological polar surface area (TPSA) is 66.6 Å². The fourth-order valence-electron chi connectivity index (χ4n) is 2.86. The van der Waals surface area contributed by atoms with Crippen molar-refractivity contribution in [3.05, 3.63) is 84.1 Å². The summed E-state index contributed by atoms with van der Waals surface area (Å²) in [6.45, 7) is 2.04. The Bertz CT molecular complexity index is 1080. The highest BCUT2D eigenvalue weighted by Gasteiger charge is 2.16. The van der Waals surface area contributed by atoms with Crippen LogP contribution in [0.4, 0.5) is 11.5 Å². The molecule has 0 aliphatic carbocycles. The minimum absolute atomic E-state index is 0.210. The highest BCUT2D eigenvalue weighted by Crippen LogP contribution is 2.31. The molecule has 0 unspecified atom stereocenters. The normalized spacial score (nSPS) is 10.8. The number of hydrogen-bond donors (Lipinski definition) is 2. The van der Waals surface area contributed by atoms with E-state index in [0.29, 0.717) is 5.65 Å². The van der Waals surface area contributed by atoms with Gasteiger partial charge in [-0.25, -0.2) is 9.78 Å². The van der Waals surface area contributed by atoms with Gasteiger partial charge in [0.25, 0.3) is 0 Å². The monoisotopic (exact) mass is 343 g/mol. The highest BCUT2D eigenvalue weighted by molar-refractivity contribution is 5.88. The van der Waals surface area contributed by atoms with E-state index in [1.165, 1.54) is 5.56 Å². The fourth-order valence-corrected chi connectivity index (χ4v) is 2.86. The van der Waals surface area contributed by atoms with Gasteiger partial charge in [0.15, 0.2) is 0 Å². The van der Waals surface area contributed by atoms with Gasteiger partial charge < -0.3 is 10.4 Å². The van der Waals surface area contributed by atoms with Crippen LogP contribution in [0.3, 0.4) is 0 Å². The highest BCUT2D eigenvalue weighted by atomic mass is 16.4. The molecule has 0 amide bonds. The number of carboxylic acid groups (broad SMARTS) is 1. The summed E-state index contributed by atoms with van der Waals surface area (Å²) in [6.07, 6.45) is 1.59. The van der Waals surface area contributed by atoms with Gasteiger partial charge in [0.1, 0.15) is 17.2 Å². The summed E-state index contributed by atoms with van der Waals surface area (Å²) < 4.78 is 1.78. The summed E-state index contributed by atoms with van der Waals surface area (Å²) in [7, 11) is 0. The van der Waals surface area contributed by atoms with E-state index in [1.54, 1.807) is 22.7 Å². The summed E-state index contributed by atoms with van der Waals surface area (Å²) in [5.41, 5.74) is 4.71. The molecule has 0 fully saturated rings. The molecule has 0 aliphatic heterocycles. The zero-order chi connectivity index (χ0) is 18.1. The summed E-state index contributed by atoms with van der Waals surface area (Å²) in [4.78, 5) is 16.1. The van der Waals surface area contributed by atoms with Gasteiger partial charge >= 0.3 is 5.97 Å². The van der Waals surface area contributed by atoms with Gasteiger partial charge in [-0.15, -0.1) is 0 Å². The molecule has 2 aromatic heterocycles. The second-order valence-electron chi connectivity index (χ2n) is 6.12. The third kappa shape index (κ3) is 2.91. The number of nitrogens with zero attached hydrogens (tertiary/aromatic N) is 2. The van der Waals surface area contributed by atoms with Crippen LogP contribution < -0.4 is 5.32 Å². The van der Waals surface area contributed by atoms with Gasteiger partial charge in [-0.05, 0) is 31.2 Å². The molecule has 5 nitrogen and oxygen atoms in total. The second kappa shape index (κ2) is 6.37. The quantitative estimate of drug-likeness (QED) is 0.561. The van der Waals surface area contributed by atoms with Crippen LogP contribution in [0.25, 0.3) is 16.9 Å². The van der Waals surface area contributed by atoms with Crippen molar-refractivity contribution in [2.24, 2.45) is 0 Å². The van der Waals surface area contributed by atoms with Crippen LogP contribution in [0.5, 0.6) is 0 Å². The first-order valence-corrected chi connectivity index (χ1v) is 8.26. The maximum Gasteiger partial charge on any atom is 0.337 e. The molecule has 0 spiro atoms. The van der Waals surface area contributed by atoms with Gasteiger partial charge in [-0.1, -0.05) is 48.0 Å². The SMILES string of the molecule is Cc1ccc(-c2nc3ccc(C(=O)O)cn3c2Nc2ccccc2)cc1. The molecule has 2 heterocycles. The van der Waals surface area contributed by atoms with E-state index in [9.17, 15) is 9.90 Å². The van der Waals surface area contributed by atoms with E-state index in [-0.39, 0.29) is 5.56 Å². The van der Waals surface area contributed by atoms with Gasteiger partial charge in [0, 0.05) is 17.4 Å². The maximum atomic E-state index is 11.4. The van der Waals surface area contributed by atoms with E-state index in [4.69, 9.17) is 4.98 Å². The first kappa shape index (κ1) is 15.9. The Morgan fingerprint density at radius 3 is 2.42 bits per heavy atom. The number of nitrogens with one attached hydrogen (secondary N) is 1. The number of fused-ring (bicyclic) bond motifs is 1. The maximum absolute atomic E-state index is 11.4. The summed E-state index contributed by atoms with van der Waals surface area (Å²) >= 11 is 0. The van der Waals surface area contributed by atoms with Crippen LogP contribution in [-0.2, 0) is 0 Å². The molecule has 4 aromatic rings. The molecule has 26 heavy (non-hydrogen) atoms. The van der Waals surface area contributed by atoms with Crippen molar-refractivity contribution in [2.45, 2.75) is 6.92 Å². The van der Waals surface area contributed by atoms with Crippen molar-refractivity contribution in [2.75, 3.05) is 5.32 Å². The number of aromatic nitrogens is 2. The summed E-state index contributed by atoms with van der Waals surface area (Å²) in [6, 6.07) is 21.1. The first-order chi connectivity index (χ1) is 12.6. The van der Waals surface area contributed by atoms with Crippen molar-refractivity contribution in [3.8, 4) is 11.3 Å². The Kier molecular flexibility index (Phi) is 3.89. The predicted octanol–water partition coefficient (Wildman–Crippen LogP) is 4.75. The Hall–Kier alpha value is -3.60. The number of rotatable bonds is 4. The Labute approximate surface area is 150 Å². The number of aromatic carboxylic acids is 1. The van der Waals surface area contributed by atoms with Gasteiger partial charge in [-0.3, -0.25) is 4.40 Å². The number of para-hydroxylation sites is 1. The van der Waals surface area contributed by atoms with E-state index in [0.717, 1.165) is 22.8 Å². The number of benzene rings is 2. The van der Waals surface area contributed by atoms with Crippen LogP contribution in [-0.4, -0.2) is 20.5 Å². The zero-order valence-corrected chi connectivity index (χ0v) is 14.2. The minimum atomic E-state index is -0.969. The second-order valence-corrected chi connectivity index (χ2v) is 6.12. The summed E-state index contributed by atoms with van der Waals surface area (Å²) in [5, 5.41) is 12.7. The molecule has 4 rings (SSSR count). The molecular weight excluding hydrogens is 326 g/mol. The van der Waals surface area contributed by atoms with Gasteiger partial charge in [-0.2, -0.15) is 0 Å². The lowest BCUT2D eigenvalue weighted by atomic mass is 10.1. The number of pyridine rings is 1. The van der Waals surface area contributed by atoms with Crippen LogP contribution in [0, 0.1) is 6.92 Å². The predicted molar refractivity (Wildman–Crippen MR) is 102 cm³/mol. The van der Waals surface area contributed by atoms with Crippen LogP contribution in [0.1, 0.15) is 15.9 Å². The third-order valence-corrected chi connectivity index (χ3v) is 4.23. The Balaban J connectivity index is 1.93. The number of imidazole rings is 1. The van der Waals surface area contributed by atoms with E-state index < -0.39 is 5.97 Å². The number of hydrogen-bond acceptors (Lipinski definition) is 3. The molecule has 0 radical (unpaired) electrons. The van der Waals surface area contributed by atoms with E-state index in [1.807, 2.05) is 61.5 Å². The lowest BCUT2D eigenvalue weighted by molar-refractivity contribution is 0.0696. The standard InChI is InChI=1S/C21H17N3O2/c1-14-7-9-15(10-8-14)19-20(22-17-5-3-2-4-6-17)24-13-16(21(25)26)11-12-18(24)23-19/h2-13,22H,1H3,(H,25,26). The summed E-state index contributed by atoms with van der Waals surface area (Å²) in [5.74, 6) is -0.235. The van der Waals surface area contributed by atoms with Crippen LogP contribution in [0.15, 0.2) is 72.9 Å². The van der Waals surface area contributed by atoms with Gasteiger partial charge in [0.2, 0.25) is 0 Å². The number of aryl methyl sites for hydroxylation is 1. The average molecular weight is 343 g/mol. The lowest BCUT2D eigenvalue weighted by Crippen LogP contribution is -2.01. The Morgan fingerprint density at radius 2 is 1.73 bits per heavy atom. The number of carbonyl (C=O) groups is 1. The van der Waals surface area contributed by atoms with Crippen LogP contribution in [0.2, 0.25) is 0 Å². The number of anilines is 2. The van der Waals surface area contributed by atoms with E-state index >= 15 is 0 Å². The molecule has 2 aromatic carbocycles. The molecule has 0 aliphatic rings. The Morgan fingerprint density at radius 1 is 1.00 bits per heavy atom. The molecular formula is C21H17N3O2. The molecule has 128 valence electrons. The molecule has 0 bridgehead atoms. The molecule has 5 heteroatoms. The zero-order valence-electron chi connectivity index (χ0n) is 14.2. The van der Waals surface area contributed by atoms with Crippen molar-refractivity contribution < 1.29 is 9.90 Å². The van der Waals surface area contributed by atoms with E-state index in [2.05, 4.69) is 5.32 Å². The largest absolute Gasteiger partial charge is 0.478 e. The third-order valence-electron chi connectivity index (χ3n) is 4.23. The lowest BCUT2D eigenvalue weighted by Gasteiger charge is -2.09. The average Bonchev–Trinajstić information content (AvgIpc) is 3.01. The first-order valence-electron chi connectivity index (χ1n) is 8.26.